The predicted octanol–water partition coefficient (Wildman–Crippen LogP) is 3.61. The van der Waals surface area contributed by atoms with Gasteiger partial charge in [-0.1, -0.05) is 31.5 Å². The molecule has 0 aromatic heterocycles. The van der Waals surface area contributed by atoms with Crippen LogP contribution in [0.15, 0.2) is 47.4 Å². The summed E-state index contributed by atoms with van der Waals surface area (Å²) in [5, 5.41) is 3.10. The van der Waals surface area contributed by atoms with Crippen LogP contribution in [0.5, 0.6) is 11.5 Å². The van der Waals surface area contributed by atoms with Crippen molar-refractivity contribution in [1.82, 2.24) is 10.0 Å². The SMILES string of the molecule is COc1cc(CCNC(=O)[C@H](NS(=O)(=O)c2ccc(Cl)cc2)C(C)C)ccc1OC(F)F. The average Bonchev–Trinajstić information content (AvgIpc) is 2.72. The van der Waals surface area contributed by atoms with Crippen molar-refractivity contribution >= 4 is 27.5 Å². The van der Waals surface area contributed by atoms with Gasteiger partial charge in [-0.3, -0.25) is 4.79 Å². The van der Waals surface area contributed by atoms with Gasteiger partial charge < -0.3 is 14.8 Å². The molecule has 0 saturated carbocycles. The van der Waals surface area contributed by atoms with Crippen LogP contribution in [0, 0.1) is 5.92 Å². The van der Waals surface area contributed by atoms with E-state index in [9.17, 15) is 22.0 Å². The molecule has 0 unspecified atom stereocenters. The van der Waals surface area contributed by atoms with E-state index in [1.807, 2.05) is 0 Å². The Labute approximate surface area is 191 Å². The Bertz CT molecular complexity index is 1020. The highest BCUT2D eigenvalue weighted by Crippen LogP contribution is 2.29. The number of hydrogen-bond acceptors (Lipinski definition) is 5. The number of amides is 1. The lowest BCUT2D eigenvalue weighted by atomic mass is 10.0. The Morgan fingerprint density at radius 3 is 2.31 bits per heavy atom. The number of benzene rings is 2. The number of carbonyl (C=O) groups excluding carboxylic acids is 1. The smallest absolute Gasteiger partial charge is 0.387 e. The molecule has 2 aromatic carbocycles. The van der Waals surface area contributed by atoms with Crippen molar-refractivity contribution in [2.24, 2.45) is 5.92 Å². The fraction of sp³-hybridized carbons (Fsp3) is 0.381. The van der Waals surface area contributed by atoms with Gasteiger partial charge in [0.05, 0.1) is 12.0 Å². The molecule has 0 heterocycles. The molecule has 0 fully saturated rings. The third-order valence-electron chi connectivity index (χ3n) is 4.51. The highest BCUT2D eigenvalue weighted by molar-refractivity contribution is 7.89. The molecule has 32 heavy (non-hydrogen) atoms. The zero-order valence-electron chi connectivity index (χ0n) is 17.8. The highest BCUT2D eigenvalue weighted by atomic mass is 35.5. The van der Waals surface area contributed by atoms with Gasteiger partial charge in [-0.2, -0.15) is 13.5 Å². The molecule has 7 nitrogen and oxygen atoms in total. The van der Waals surface area contributed by atoms with E-state index in [-0.39, 0.29) is 28.9 Å². The van der Waals surface area contributed by atoms with Crippen molar-refractivity contribution < 1.29 is 31.5 Å². The first kappa shape index (κ1) is 25.8. The summed E-state index contributed by atoms with van der Waals surface area (Å²) in [6.07, 6.45) is 0.367. The average molecular weight is 491 g/mol. The van der Waals surface area contributed by atoms with Crippen LogP contribution < -0.4 is 19.5 Å². The van der Waals surface area contributed by atoms with Crippen molar-refractivity contribution in [1.29, 1.82) is 0 Å². The van der Waals surface area contributed by atoms with Gasteiger partial charge in [0.25, 0.3) is 0 Å². The van der Waals surface area contributed by atoms with Crippen LogP contribution in [0.25, 0.3) is 0 Å². The van der Waals surface area contributed by atoms with E-state index in [4.69, 9.17) is 16.3 Å². The largest absolute Gasteiger partial charge is 0.493 e. The van der Waals surface area contributed by atoms with Crippen molar-refractivity contribution in [3.8, 4) is 11.5 Å². The first-order valence-electron chi connectivity index (χ1n) is 9.71. The minimum atomic E-state index is -3.93. The van der Waals surface area contributed by atoms with Crippen LogP contribution in [-0.2, 0) is 21.2 Å². The molecule has 176 valence electrons. The fourth-order valence-electron chi connectivity index (χ4n) is 2.84. The first-order valence-corrected chi connectivity index (χ1v) is 11.6. The van der Waals surface area contributed by atoms with E-state index in [2.05, 4.69) is 14.8 Å². The summed E-state index contributed by atoms with van der Waals surface area (Å²) < 4.78 is 62.0. The third-order valence-corrected chi connectivity index (χ3v) is 6.22. The minimum absolute atomic E-state index is 0.00134. The molecule has 2 N–H and O–H groups in total. The molecule has 0 bridgehead atoms. The summed E-state index contributed by atoms with van der Waals surface area (Å²) in [5.74, 6) is -0.748. The number of halogens is 3. The lowest BCUT2D eigenvalue weighted by molar-refractivity contribution is -0.123. The lowest BCUT2D eigenvalue weighted by Crippen LogP contribution is -2.49. The molecule has 0 aliphatic heterocycles. The fourth-order valence-corrected chi connectivity index (χ4v) is 4.31. The van der Waals surface area contributed by atoms with Gasteiger partial charge in [-0.15, -0.1) is 0 Å². The molecule has 0 aliphatic rings. The minimum Gasteiger partial charge on any atom is -0.493 e. The molecule has 0 spiro atoms. The van der Waals surface area contributed by atoms with Gasteiger partial charge >= 0.3 is 6.61 Å². The second-order valence-corrected chi connectivity index (χ2v) is 9.35. The van der Waals surface area contributed by atoms with Gasteiger partial charge in [0.15, 0.2) is 11.5 Å². The molecular formula is C21H25ClF2N2O5S. The molecule has 2 rings (SSSR count). The molecular weight excluding hydrogens is 466 g/mol. The second-order valence-electron chi connectivity index (χ2n) is 7.20. The van der Waals surface area contributed by atoms with Crippen LogP contribution >= 0.6 is 11.6 Å². The Morgan fingerprint density at radius 1 is 1.09 bits per heavy atom. The van der Waals surface area contributed by atoms with Gasteiger partial charge in [-0.25, -0.2) is 8.42 Å². The van der Waals surface area contributed by atoms with Crippen LogP contribution in [0.1, 0.15) is 19.4 Å². The summed E-state index contributed by atoms with van der Waals surface area (Å²) >= 11 is 5.80. The highest BCUT2D eigenvalue weighted by Gasteiger charge is 2.28. The molecule has 0 saturated heterocycles. The Balaban J connectivity index is 2.01. The van der Waals surface area contributed by atoms with E-state index < -0.39 is 28.6 Å². The van der Waals surface area contributed by atoms with Gasteiger partial charge in [0.2, 0.25) is 15.9 Å². The number of carbonyl (C=O) groups is 1. The normalized spacial score (nSPS) is 12.6. The standard InChI is InChI=1S/C21H25ClF2N2O5S/c1-13(2)19(26-32(28,29)16-7-5-15(22)6-8-16)20(27)25-11-10-14-4-9-17(31-21(23)24)18(12-14)30-3/h4-9,12-13,19,21,26H,10-11H2,1-3H3,(H,25,27)/t19-/m1/s1. The van der Waals surface area contributed by atoms with Crippen LogP contribution in [0.4, 0.5) is 8.78 Å². The summed E-state index contributed by atoms with van der Waals surface area (Å²) in [6, 6.07) is 9.09. The van der Waals surface area contributed by atoms with Crippen LogP contribution in [-0.4, -0.2) is 40.6 Å². The van der Waals surface area contributed by atoms with Crippen LogP contribution in [0.2, 0.25) is 5.02 Å². The molecule has 0 aliphatic carbocycles. The molecule has 1 atom stereocenters. The van der Waals surface area contributed by atoms with E-state index in [0.717, 1.165) is 0 Å². The molecule has 2 aromatic rings. The third kappa shape index (κ3) is 7.32. The van der Waals surface area contributed by atoms with Crippen LogP contribution in [0.3, 0.4) is 0 Å². The molecule has 0 radical (unpaired) electrons. The number of sulfonamides is 1. The maximum atomic E-state index is 12.6. The number of nitrogens with one attached hydrogen (secondary N) is 2. The van der Waals surface area contributed by atoms with Crippen molar-refractivity contribution in [2.45, 2.75) is 37.8 Å². The van der Waals surface area contributed by atoms with E-state index in [1.165, 1.54) is 43.5 Å². The Kier molecular flexibility index (Phi) is 9.23. The second kappa shape index (κ2) is 11.4. The zero-order chi connectivity index (χ0) is 23.9. The molecule has 1 amide bonds. The number of ether oxygens (including phenoxy) is 2. The quantitative estimate of drug-likeness (QED) is 0.502. The Morgan fingerprint density at radius 2 is 1.75 bits per heavy atom. The number of rotatable bonds is 11. The van der Waals surface area contributed by atoms with Gasteiger partial charge in [0, 0.05) is 11.6 Å². The van der Waals surface area contributed by atoms with E-state index >= 15 is 0 Å². The van der Waals surface area contributed by atoms with E-state index in [1.54, 1.807) is 19.9 Å². The topological polar surface area (TPSA) is 93.7 Å². The van der Waals surface area contributed by atoms with Crippen molar-refractivity contribution in [3.05, 3.63) is 53.1 Å². The van der Waals surface area contributed by atoms with Gasteiger partial charge in [-0.05, 0) is 54.3 Å². The van der Waals surface area contributed by atoms with Crippen molar-refractivity contribution in [3.63, 3.8) is 0 Å². The number of hydrogen-bond donors (Lipinski definition) is 2. The van der Waals surface area contributed by atoms with E-state index in [0.29, 0.717) is 17.0 Å². The number of methoxy groups -OCH3 is 1. The monoisotopic (exact) mass is 490 g/mol. The van der Waals surface area contributed by atoms with Crippen molar-refractivity contribution in [2.75, 3.05) is 13.7 Å². The van der Waals surface area contributed by atoms with Gasteiger partial charge in [0.1, 0.15) is 6.04 Å². The predicted molar refractivity (Wildman–Crippen MR) is 117 cm³/mol. The maximum absolute atomic E-state index is 12.6. The first-order chi connectivity index (χ1) is 15.0. The summed E-state index contributed by atoms with van der Waals surface area (Å²) in [6.45, 7) is 0.671. The lowest BCUT2D eigenvalue weighted by Gasteiger charge is -2.21. The molecule has 11 heteroatoms. The summed E-state index contributed by atoms with van der Waals surface area (Å²) in [7, 11) is -2.60. The summed E-state index contributed by atoms with van der Waals surface area (Å²) in [5.41, 5.74) is 0.714. The Hall–Kier alpha value is -2.43. The maximum Gasteiger partial charge on any atom is 0.387 e. The summed E-state index contributed by atoms with van der Waals surface area (Å²) in [4.78, 5) is 12.6. The zero-order valence-corrected chi connectivity index (χ0v) is 19.3. The number of alkyl halides is 2.